The molecule has 0 aliphatic heterocycles. The molecule has 0 saturated carbocycles. The normalized spacial score (nSPS) is 10.9. The Morgan fingerprint density at radius 3 is 2.89 bits per heavy atom. The molecular formula is C14H16ClFN2S. The monoisotopic (exact) mass is 298 g/mol. The zero-order valence-corrected chi connectivity index (χ0v) is 12.3. The largest absolute Gasteiger partial charge is 0.326 e. The van der Waals surface area contributed by atoms with Crippen molar-refractivity contribution in [1.82, 2.24) is 4.98 Å². The number of benzene rings is 1. The highest BCUT2D eigenvalue weighted by molar-refractivity contribution is 7.11. The van der Waals surface area contributed by atoms with Gasteiger partial charge in [0.05, 0.1) is 15.7 Å². The number of aromatic nitrogens is 1. The standard InChI is InChI=1S/C14H16ClFN2S/c1-2-4-11-12(8-17)19-13(18-11)7-9-5-3-6-10(15)14(9)16/h3,5-6H,2,4,7-8,17H2,1H3. The van der Waals surface area contributed by atoms with Crippen LogP contribution in [0.5, 0.6) is 0 Å². The molecule has 0 unspecified atom stereocenters. The highest BCUT2D eigenvalue weighted by Crippen LogP contribution is 2.25. The van der Waals surface area contributed by atoms with Gasteiger partial charge in [-0.25, -0.2) is 9.37 Å². The Kier molecular flexibility index (Phi) is 4.91. The van der Waals surface area contributed by atoms with Crippen LogP contribution in [0, 0.1) is 5.82 Å². The van der Waals surface area contributed by atoms with Gasteiger partial charge in [0.25, 0.3) is 0 Å². The zero-order valence-electron chi connectivity index (χ0n) is 10.7. The highest BCUT2D eigenvalue weighted by atomic mass is 35.5. The summed E-state index contributed by atoms with van der Waals surface area (Å²) >= 11 is 7.34. The van der Waals surface area contributed by atoms with Crippen LogP contribution in [-0.2, 0) is 19.4 Å². The first-order valence-electron chi connectivity index (χ1n) is 6.26. The first kappa shape index (κ1) is 14.4. The third kappa shape index (κ3) is 3.32. The summed E-state index contributed by atoms with van der Waals surface area (Å²) in [5.41, 5.74) is 7.34. The molecule has 1 heterocycles. The first-order valence-corrected chi connectivity index (χ1v) is 7.45. The molecule has 1 aromatic carbocycles. The second-order valence-corrected chi connectivity index (χ2v) is 5.90. The SMILES string of the molecule is CCCc1nc(Cc2cccc(Cl)c2F)sc1CN. The van der Waals surface area contributed by atoms with Crippen molar-refractivity contribution in [3.05, 3.63) is 50.2 Å². The fourth-order valence-corrected chi connectivity index (χ4v) is 3.16. The maximum absolute atomic E-state index is 13.8. The molecule has 2 N–H and O–H groups in total. The summed E-state index contributed by atoms with van der Waals surface area (Å²) in [5.74, 6) is -0.356. The van der Waals surface area contributed by atoms with Crippen LogP contribution in [0.2, 0.25) is 5.02 Å². The molecule has 5 heteroatoms. The van der Waals surface area contributed by atoms with Crippen molar-refractivity contribution in [3.63, 3.8) is 0 Å². The molecule has 0 amide bonds. The molecule has 1 aromatic heterocycles. The van der Waals surface area contributed by atoms with E-state index in [4.69, 9.17) is 17.3 Å². The Hall–Kier alpha value is -0.970. The minimum atomic E-state index is -0.356. The van der Waals surface area contributed by atoms with Gasteiger partial charge in [0.15, 0.2) is 0 Å². The number of rotatable bonds is 5. The van der Waals surface area contributed by atoms with E-state index in [9.17, 15) is 4.39 Å². The van der Waals surface area contributed by atoms with E-state index in [1.807, 2.05) is 0 Å². The predicted octanol–water partition coefficient (Wildman–Crippen LogP) is 3.94. The van der Waals surface area contributed by atoms with Gasteiger partial charge in [-0.05, 0) is 18.1 Å². The Bertz CT molecular complexity index is 569. The quantitative estimate of drug-likeness (QED) is 0.908. The van der Waals surface area contributed by atoms with E-state index in [1.165, 1.54) is 0 Å². The van der Waals surface area contributed by atoms with Crippen LogP contribution in [0.4, 0.5) is 4.39 Å². The number of hydrogen-bond acceptors (Lipinski definition) is 3. The van der Waals surface area contributed by atoms with Crippen LogP contribution in [0.3, 0.4) is 0 Å². The van der Waals surface area contributed by atoms with Crippen LogP contribution in [0.1, 0.15) is 34.5 Å². The lowest BCUT2D eigenvalue weighted by molar-refractivity contribution is 0.614. The molecule has 0 fully saturated rings. The van der Waals surface area contributed by atoms with Gasteiger partial charge < -0.3 is 5.73 Å². The fourth-order valence-electron chi connectivity index (χ4n) is 1.95. The van der Waals surface area contributed by atoms with E-state index in [0.717, 1.165) is 28.4 Å². The number of hydrogen-bond donors (Lipinski definition) is 1. The highest BCUT2D eigenvalue weighted by Gasteiger charge is 2.12. The Labute approximate surface area is 121 Å². The van der Waals surface area contributed by atoms with Gasteiger partial charge in [0, 0.05) is 17.8 Å². The van der Waals surface area contributed by atoms with E-state index in [0.29, 0.717) is 18.5 Å². The molecule has 0 aliphatic carbocycles. The van der Waals surface area contributed by atoms with Crippen LogP contribution in [-0.4, -0.2) is 4.98 Å². The third-order valence-corrected chi connectivity index (χ3v) is 4.28. The Balaban J connectivity index is 2.25. The van der Waals surface area contributed by atoms with Crippen molar-refractivity contribution >= 4 is 22.9 Å². The minimum Gasteiger partial charge on any atom is -0.326 e. The van der Waals surface area contributed by atoms with Crippen molar-refractivity contribution in [2.75, 3.05) is 0 Å². The van der Waals surface area contributed by atoms with Crippen molar-refractivity contribution in [3.8, 4) is 0 Å². The summed E-state index contributed by atoms with van der Waals surface area (Å²) in [6.45, 7) is 2.60. The summed E-state index contributed by atoms with van der Waals surface area (Å²) < 4.78 is 13.8. The first-order chi connectivity index (χ1) is 9.15. The van der Waals surface area contributed by atoms with Crippen LogP contribution < -0.4 is 5.73 Å². The van der Waals surface area contributed by atoms with Crippen LogP contribution >= 0.6 is 22.9 Å². The van der Waals surface area contributed by atoms with Gasteiger partial charge in [-0.3, -0.25) is 0 Å². The van der Waals surface area contributed by atoms with Crippen LogP contribution in [0.25, 0.3) is 0 Å². The second kappa shape index (κ2) is 6.46. The van der Waals surface area contributed by atoms with E-state index >= 15 is 0 Å². The van der Waals surface area contributed by atoms with Crippen LogP contribution in [0.15, 0.2) is 18.2 Å². The maximum Gasteiger partial charge on any atom is 0.145 e. The molecule has 102 valence electrons. The molecule has 0 saturated heterocycles. The van der Waals surface area contributed by atoms with E-state index in [-0.39, 0.29) is 10.8 Å². The number of nitrogens with zero attached hydrogens (tertiary/aromatic N) is 1. The van der Waals surface area contributed by atoms with Gasteiger partial charge in [0.2, 0.25) is 0 Å². The average molecular weight is 299 g/mol. The summed E-state index contributed by atoms with van der Waals surface area (Å²) in [5, 5.41) is 1.05. The van der Waals surface area contributed by atoms with E-state index in [2.05, 4.69) is 11.9 Å². The van der Waals surface area contributed by atoms with E-state index in [1.54, 1.807) is 29.5 Å². The molecule has 0 aliphatic rings. The second-order valence-electron chi connectivity index (χ2n) is 4.32. The molecule has 0 spiro atoms. The molecule has 2 aromatic rings. The van der Waals surface area contributed by atoms with Gasteiger partial charge in [-0.15, -0.1) is 11.3 Å². The lowest BCUT2D eigenvalue weighted by Gasteiger charge is -2.01. The minimum absolute atomic E-state index is 0.155. The zero-order chi connectivity index (χ0) is 13.8. The number of thiazole rings is 1. The average Bonchev–Trinajstić information content (AvgIpc) is 2.77. The van der Waals surface area contributed by atoms with Crippen molar-refractivity contribution in [1.29, 1.82) is 0 Å². The van der Waals surface area contributed by atoms with Crippen molar-refractivity contribution in [2.45, 2.75) is 32.7 Å². The lowest BCUT2D eigenvalue weighted by Crippen LogP contribution is -1.98. The molecule has 0 radical (unpaired) electrons. The molecule has 0 bridgehead atoms. The van der Waals surface area contributed by atoms with Gasteiger partial charge in [0.1, 0.15) is 5.82 Å². The Morgan fingerprint density at radius 2 is 2.21 bits per heavy atom. The fraction of sp³-hybridized carbons (Fsp3) is 0.357. The Morgan fingerprint density at radius 1 is 1.42 bits per heavy atom. The summed E-state index contributed by atoms with van der Waals surface area (Å²) in [6.07, 6.45) is 2.41. The smallest absolute Gasteiger partial charge is 0.145 e. The molecule has 2 rings (SSSR count). The predicted molar refractivity (Wildman–Crippen MR) is 78.2 cm³/mol. The molecule has 2 nitrogen and oxygen atoms in total. The molecule has 0 atom stereocenters. The lowest BCUT2D eigenvalue weighted by atomic mass is 10.1. The van der Waals surface area contributed by atoms with Gasteiger partial charge >= 0.3 is 0 Å². The van der Waals surface area contributed by atoms with Crippen molar-refractivity contribution in [2.24, 2.45) is 5.73 Å². The van der Waals surface area contributed by atoms with Gasteiger partial charge in [-0.2, -0.15) is 0 Å². The maximum atomic E-state index is 13.8. The topological polar surface area (TPSA) is 38.9 Å². The van der Waals surface area contributed by atoms with Gasteiger partial charge in [-0.1, -0.05) is 37.1 Å². The van der Waals surface area contributed by atoms with E-state index < -0.39 is 0 Å². The summed E-state index contributed by atoms with van der Waals surface area (Å²) in [7, 11) is 0. The third-order valence-electron chi connectivity index (χ3n) is 2.87. The summed E-state index contributed by atoms with van der Waals surface area (Å²) in [6, 6.07) is 5.05. The number of halogens is 2. The van der Waals surface area contributed by atoms with Crippen molar-refractivity contribution < 1.29 is 4.39 Å². The number of aryl methyl sites for hydroxylation is 1. The summed E-state index contributed by atoms with van der Waals surface area (Å²) in [4.78, 5) is 5.66. The molecule has 19 heavy (non-hydrogen) atoms. The molecular weight excluding hydrogens is 283 g/mol. The number of nitrogens with two attached hydrogens (primary N) is 1.